The van der Waals surface area contributed by atoms with Crippen LogP contribution in [0.25, 0.3) is 33.3 Å². The summed E-state index contributed by atoms with van der Waals surface area (Å²) in [7, 11) is 2.57. The van der Waals surface area contributed by atoms with Gasteiger partial charge in [-0.3, -0.25) is 9.59 Å². The van der Waals surface area contributed by atoms with Gasteiger partial charge in [-0.15, -0.1) is 0 Å². The van der Waals surface area contributed by atoms with Gasteiger partial charge in [-0.05, 0) is 60.9 Å². The Balaban J connectivity index is 1.16. The van der Waals surface area contributed by atoms with E-state index in [9.17, 15) is 19.2 Å². The summed E-state index contributed by atoms with van der Waals surface area (Å²) in [6.07, 6.45) is 7.45. The lowest BCUT2D eigenvalue weighted by Gasteiger charge is -2.30. The summed E-state index contributed by atoms with van der Waals surface area (Å²) in [5.74, 6) is 0.752. The molecular weight excluding hydrogens is 692 g/mol. The third-order valence-corrected chi connectivity index (χ3v) is 10.2. The maximum atomic E-state index is 13.6. The number of aromatic nitrogens is 4. The van der Waals surface area contributed by atoms with Crippen molar-refractivity contribution < 1.29 is 33.4 Å². The fourth-order valence-electron chi connectivity index (χ4n) is 7.14. The highest BCUT2D eigenvalue weighted by molar-refractivity contribution is 5.90. The van der Waals surface area contributed by atoms with Crippen molar-refractivity contribution in [3.63, 3.8) is 0 Å². The Labute approximate surface area is 314 Å². The molecule has 2 aliphatic rings. The molecule has 4 heterocycles. The molecule has 288 valence electrons. The van der Waals surface area contributed by atoms with Gasteiger partial charge in [0, 0.05) is 30.9 Å². The van der Waals surface area contributed by atoms with Crippen LogP contribution in [0.15, 0.2) is 48.8 Å². The summed E-state index contributed by atoms with van der Waals surface area (Å²) in [4.78, 5) is 68.8. The number of ether oxygens (including phenoxy) is 3. The number of likely N-dealkylation sites (tertiary alicyclic amines) is 1. The highest BCUT2D eigenvalue weighted by atomic mass is 16.5. The van der Waals surface area contributed by atoms with Crippen LogP contribution in [0.2, 0.25) is 0 Å². The average molecular weight is 743 g/mol. The smallest absolute Gasteiger partial charge is 0.407 e. The van der Waals surface area contributed by atoms with Gasteiger partial charge in [-0.25, -0.2) is 19.6 Å². The van der Waals surface area contributed by atoms with Crippen molar-refractivity contribution >= 4 is 34.8 Å². The van der Waals surface area contributed by atoms with Crippen LogP contribution < -0.4 is 16.0 Å². The van der Waals surface area contributed by atoms with Crippen LogP contribution in [-0.2, 0) is 23.8 Å². The first-order valence-electron chi connectivity index (χ1n) is 18.7. The number of carbonyl (C=O) groups excluding carboxylic acids is 4. The molecule has 0 unspecified atom stereocenters. The van der Waals surface area contributed by atoms with Gasteiger partial charge in [-0.1, -0.05) is 51.0 Å². The van der Waals surface area contributed by atoms with E-state index < -0.39 is 30.3 Å². The standard InChI is InChI=1S/C39H50N8O7/c1-23(2)33(46-39(51)53-4)37(49)47-16-8-10-32(47)35-41-22-31(43-35)27-14-12-24-19-26(13-11-25(24)20-27)30-21-40-34(42-30)28-15-18-54-17-7-5-6-9-29(36(48)44-28)45-38(50)52-3/h11-14,19-23,28-29,32-33H,5-10,15-18H2,1-4H3,(H,40,42)(H,41,43)(H,44,48)(H,45,50)(H,46,51)/t28-,29-,32-,33-/m0/s1. The number of alkyl carbamates (subject to hydrolysis) is 2. The van der Waals surface area contributed by atoms with Crippen molar-refractivity contribution in [2.24, 2.45) is 5.92 Å². The highest BCUT2D eigenvalue weighted by Crippen LogP contribution is 2.34. The van der Waals surface area contributed by atoms with Crippen molar-refractivity contribution in [3.05, 3.63) is 60.4 Å². The minimum atomic E-state index is -0.714. The van der Waals surface area contributed by atoms with E-state index in [2.05, 4.69) is 60.2 Å². The second-order valence-electron chi connectivity index (χ2n) is 14.2. The van der Waals surface area contributed by atoms with Gasteiger partial charge in [0.1, 0.15) is 23.7 Å². The average Bonchev–Trinajstić information content (AvgIpc) is 3.97. The number of amides is 4. The second-order valence-corrected chi connectivity index (χ2v) is 14.2. The molecule has 6 rings (SSSR count). The fourth-order valence-corrected chi connectivity index (χ4v) is 7.14. The Kier molecular flexibility index (Phi) is 12.5. The summed E-state index contributed by atoms with van der Waals surface area (Å²) in [6.45, 7) is 5.46. The molecule has 4 atom stereocenters. The highest BCUT2D eigenvalue weighted by Gasteiger charge is 2.37. The van der Waals surface area contributed by atoms with Gasteiger partial charge in [0.05, 0.1) is 50.1 Å². The normalized spacial score (nSPS) is 20.4. The molecular formula is C39H50N8O7. The number of aromatic amines is 2. The lowest BCUT2D eigenvalue weighted by molar-refractivity contribution is -0.135. The molecule has 2 aromatic heterocycles. The molecule has 2 fully saturated rings. The largest absolute Gasteiger partial charge is 0.453 e. The lowest BCUT2D eigenvalue weighted by atomic mass is 10.0. The fraction of sp³-hybridized carbons (Fsp3) is 0.487. The Morgan fingerprint density at radius 1 is 0.833 bits per heavy atom. The Morgan fingerprint density at radius 2 is 1.50 bits per heavy atom. The van der Waals surface area contributed by atoms with Crippen molar-refractivity contribution in [2.45, 2.75) is 83.0 Å². The molecule has 2 saturated heterocycles. The molecule has 4 aromatic rings. The Hall–Kier alpha value is -5.44. The van der Waals surface area contributed by atoms with Gasteiger partial charge in [0.2, 0.25) is 11.8 Å². The van der Waals surface area contributed by atoms with E-state index in [-0.39, 0.29) is 23.8 Å². The molecule has 15 nitrogen and oxygen atoms in total. The van der Waals surface area contributed by atoms with Crippen LogP contribution in [0, 0.1) is 5.92 Å². The van der Waals surface area contributed by atoms with Crippen molar-refractivity contribution in [1.82, 2.24) is 40.8 Å². The number of carbonyl (C=O) groups is 4. The Bertz CT molecular complexity index is 1940. The van der Waals surface area contributed by atoms with Gasteiger partial charge in [0.25, 0.3) is 0 Å². The van der Waals surface area contributed by atoms with E-state index in [0.29, 0.717) is 44.2 Å². The van der Waals surface area contributed by atoms with Crippen molar-refractivity contribution in [3.8, 4) is 22.5 Å². The van der Waals surface area contributed by atoms with Gasteiger partial charge >= 0.3 is 12.2 Å². The third-order valence-electron chi connectivity index (χ3n) is 10.2. The van der Waals surface area contributed by atoms with Gasteiger partial charge < -0.3 is 45.0 Å². The van der Waals surface area contributed by atoms with E-state index >= 15 is 0 Å². The first kappa shape index (κ1) is 38.3. The van der Waals surface area contributed by atoms with Crippen LogP contribution in [0.5, 0.6) is 0 Å². The maximum absolute atomic E-state index is 13.6. The van der Waals surface area contributed by atoms with Crippen molar-refractivity contribution in [1.29, 1.82) is 0 Å². The minimum Gasteiger partial charge on any atom is -0.453 e. The molecule has 2 aromatic carbocycles. The Morgan fingerprint density at radius 3 is 2.17 bits per heavy atom. The number of hydrogen-bond donors (Lipinski definition) is 5. The van der Waals surface area contributed by atoms with Crippen LogP contribution in [0.4, 0.5) is 9.59 Å². The number of methoxy groups -OCH3 is 2. The molecule has 2 aliphatic heterocycles. The van der Waals surface area contributed by atoms with E-state index in [0.717, 1.165) is 65.4 Å². The van der Waals surface area contributed by atoms with Crippen LogP contribution in [-0.4, -0.2) is 94.9 Å². The van der Waals surface area contributed by atoms with Crippen molar-refractivity contribution in [2.75, 3.05) is 34.0 Å². The number of rotatable bonds is 8. The van der Waals surface area contributed by atoms with E-state index in [1.54, 1.807) is 17.3 Å². The van der Waals surface area contributed by atoms with E-state index in [4.69, 9.17) is 14.2 Å². The molecule has 4 amide bonds. The second kappa shape index (κ2) is 17.6. The lowest BCUT2D eigenvalue weighted by Crippen LogP contribution is -2.51. The van der Waals surface area contributed by atoms with Crippen LogP contribution >= 0.6 is 0 Å². The summed E-state index contributed by atoms with van der Waals surface area (Å²) in [5, 5.41) is 10.5. The minimum absolute atomic E-state index is 0.114. The number of benzene rings is 2. The predicted octanol–water partition coefficient (Wildman–Crippen LogP) is 5.53. The molecule has 0 saturated carbocycles. The summed E-state index contributed by atoms with van der Waals surface area (Å²) >= 11 is 0. The molecule has 0 spiro atoms. The quantitative estimate of drug-likeness (QED) is 0.155. The summed E-state index contributed by atoms with van der Waals surface area (Å²) in [6, 6.07) is 10.3. The van der Waals surface area contributed by atoms with Gasteiger partial charge in [0.15, 0.2) is 0 Å². The molecule has 54 heavy (non-hydrogen) atoms. The topological polar surface area (TPSA) is 193 Å². The number of hydrogen-bond acceptors (Lipinski definition) is 9. The zero-order valence-electron chi connectivity index (χ0n) is 31.3. The van der Waals surface area contributed by atoms with Gasteiger partial charge in [-0.2, -0.15) is 0 Å². The predicted molar refractivity (Wildman–Crippen MR) is 201 cm³/mol. The number of imidazole rings is 2. The molecule has 0 radical (unpaired) electrons. The molecule has 15 heteroatoms. The number of fused-ring (bicyclic) bond motifs is 1. The zero-order valence-corrected chi connectivity index (χ0v) is 31.3. The molecule has 5 N–H and O–H groups in total. The van der Waals surface area contributed by atoms with Crippen LogP contribution in [0.1, 0.15) is 82.5 Å². The van der Waals surface area contributed by atoms with E-state index in [1.165, 1.54) is 14.2 Å². The first-order valence-corrected chi connectivity index (χ1v) is 18.7. The van der Waals surface area contributed by atoms with Crippen LogP contribution in [0.3, 0.4) is 0 Å². The number of nitrogens with zero attached hydrogens (tertiary/aromatic N) is 3. The molecule has 0 aliphatic carbocycles. The molecule has 0 bridgehead atoms. The summed E-state index contributed by atoms with van der Waals surface area (Å²) in [5.41, 5.74) is 3.54. The maximum Gasteiger partial charge on any atom is 0.407 e. The first-order chi connectivity index (χ1) is 26.1. The SMILES string of the molecule is COC(=O)N[C@H]1CCCCCOCC[C@@H](c2ncc(-c3ccc4cc(-c5cnc([C@@H]6CCCN6C(=O)[C@@H](NC(=O)OC)C(C)C)[nH]5)ccc4c3)[nH]2)NC1=O. The zero-order chi connectivity index (χ0) is 38.2. The number of nitrogens with one attached hydrogen (secondary N) is 5. The number of H-pyrrole nitrogens is 2. The third kappa shape index (κ3) is 9.01. The van der Waals surface area contributed by atoms with E-state index in [1.807, 2.05) is 26.0 Å². The monoisotopic (exact) mass is 742 g/mol. The summed E-state index contributed by atoms with van der Waals surface area (Å²) < 4.78 is 15.3.